The van der Waals surface area contributed by atoms with Gasteiger partial charge in [-0.3, -0.25) is 4.90 Å². The molecule has 1 aliphatic carbocycles. The summed E-state index contributed by atoms with van der Waals surface area (Å²) in [6.07, 6.45) is 3.90. The third kappa shape index (κ3) is 4.00. The van der Waals surface area contributed by atoms with Crippen LogP contribution in [0.2, 0.25) is 0 Å². The van der Waals surface area contributed by atoms with E-state index in [2.05, 4.69) is 33.0 Å². The Bertz CT molecular complexity index is 335. The van der Waals surface area contributed by atoms with Crippen molar-refractivity contribution in [2.45, 2.75) is 25.3 Å². The number of rotatable bonds is 7. The highest BCUT2D eigenvalue weighted by atomic mass is 79.9. The van der Waals surface area contributed by atoms with Crippen LogP contribution in [0.3, 0.4) is 0 Å². The molecule has 0 heterocycles. The normalized spacial score (nSPS) is 15.2. The highest BCUT2D eigenvalue weighted by molar-refractivity contribution is 9.09. The lowest BCUT2D eigenvalue weighted by Gasteiger charge is -2.20. The van der Waals surface area contributed by atoms with Crippen LogP contribution in [0, 0.1) is 0 Å². The molecule has 0 saturated heterocycles. The van der Waals surface area contributed by atoms with E-state index in [0.717, 1.165) is 23.5 Å². The van der Waals surface area contributed by atoms with Crippen LogP contribution < -0.4 is 4.74 Å². The zero-order valence-corrected chi connectivity index (χ0v) is 11.9. The Hall–Kier alpha value is -0.540. The molecule has 1 fully saturated rings. The summed E-state index contributed by atoms with van der Waals surface area (Å²) in [4.78, 5) is 2.60. The van der Waals surface area contributed by atoms with Crippen LogP contribution in [0.1, 0.15) is 18.4 Å². The highest BCUT2D eigenvalue weighted by Gasteiger charge is 2.27. The van der Waals surface area contributed by atoms with Crippen molar-refractivity contribution in [3.63, 3.8) is 0 Å². The molecular weight excluding hydrogens is 278 g/mol. The molecule has 17 heavy (non-hydrogen) atoms. The monoisotopic (exact) mass is 297 g/mol. The van der Waals surface area contributed by atoms with Gasteiger partial charge >= 0.3 is 0 Å². The number of nitrogens with zero attached hydrogens (tertiary/aromatic N) is 1. The predicted molar refractivity (Wildman–Crippen MR) is 75.1 cm³/mol. The van der Waals surface area contributed by atoms with E-state index in [1.165, 1.54) is 31.5 Å². The first-order valence-electron chi connectivity index (χ1n) is 6.26. The van der Waals surface area contributed by atoms with E-state index in [1.54, 1.807) is 7.11 Å². The van der Waals surface area contributed by atoms with Crippen molar-refractivity contribution in [1.82, 2.24) is 4.90 Å². The molecule has 0 unspecified atom stereocenters. The summed E-state index contributed by atoms with van der Waals surface area (Å²) in [5, 5.41) is 1.08. The summed E-state index contributed by atoms with van der Waals surface area (Å²) in [6.45, 7) is 2.34. The number of alkyl halides is 1. The van der Waals surface area contributed by atoms with Gasteiger partial charge in [0, 0.05) is 24.5 Å². The molecule has 1 saturated carbocycles. The molecule has 2 rings (SSSR count). The molecule has 0 bridgehead atoms. The molecule has 0 N–H and O–H groups in total. The predicted octanol–water partition coefficient (Wildman–Crippen LogP) is 3.10. The van der Waals surface area contributed by atoms with E-state index in [9.17, 15) is 0 Å². The molecular formula is C14H20BrNO. The van der Waals surface area contributed by atoms with Crippen LogP contribution >= 0.6 is 15.9 Å². The van der Waals surface area contributed by atoms with Crippen LogP contribution in [0.25, 0.3) is 0 Å². The van der Waals surface area contributed by atoms with Gasteiger partial charge in [-0.1, -0.05) is 28.1 Å². The maximum Gasteiger partial charge on any atom is 0.118 e. The minimum absolute atomic E-state index is 0.853. The van der Waals surface area contributed by atoms with Crippen molar-refractivity contribution < 1.29 is 4.74 Å². The first kappa shape index (κ1) is 12.9. The third-order valence-corrected chi connectivity index (χ3v) is 3.64. The molecule has 0 aliphatic heterocycles. The second kappa shape index (κ2) is 6.41. The van der Waals surface area contributed by atoms with Gasteiger partial charge in [-0.05, 0) is 37.0 Å². The fourth-order valence-electron chi connectivity index (χ4n) is 2.09. The number of hydrogen-bond donors (Lipinski definition) is 0. The number of ether oxygens (including phenoxy) is 1. The van der Waals surface area contributed by atoms with E-state index >= 15 is 0 Å². The first-order chi connectivity index (χ1) is 8.33. The van der Waals surface area contributed by atoms with Crippen molar-refractivity contribution in [2.75, 3.05) is 25.5 Å². The van der Waals surface area contributed by atoms with E-state index in [-0.39, 0.29) is 0 Å². The van der Waals surface area contributed by atoms with Crippen molar-refractivity contribution >= 4 is 15.9 Å². The van der Waals surface area contributed by atoms with Gasteiger partial charge in [0.05, 0.1) is 7.11 Å². The number of benzene rings is 1. The fourth-order valence-corrected chi connectivity index (χ4v) is 2.55. The Kier molecular flexibility index (Phi) is 4.86. The molecule has 94 valence electrons. The van der Waals surface area contributed by atoms with E-state index in [0.29, 0.717) is 0 Å². The summed E-state index contributed by atoms with van der Waals surface area (Å²) < 4.78 is 5.16. The quantitative estimate of drug-likeness (QED) is 0.717. The first-order valence-corrected chi connectivity index (χ1v) is 7.38. The SMILES string of the molecule is COc1ccc(CCN(CCBr)C2CC2)cc1. The fraction of sp³-hybridized carbons (Fsp3) is 0.571. The Morgan fingerprint density at radius 1 is 1.24 bits per heavy atom. The maximum absolute atomic E-state index is 5.16. The summed E-state index contributed by atoms with van der Waals surface area (Å²) in [6, 6.07) is 9.27. The minimum Gasteiger partial charge on any atom is -0.497 e. The second-order valence-electron chi connectivity index (χ2n) is 4.55. The molecule has 2 nitrogen and oxygen atoms in total. The van der Waals surface area contributed by atoms with Gasteiger partial charge in [0.2, 0.25) is 0 Å². The van der Waals surface area contributed by atoms with Crippen LogP contribution in [0.15, 0.2) is 24.3 Å². The molecule has 1 aromatic carbocycles. The molecule has 3 heteroatoms. The Labute approximate surface area is 112 Å². The van der Waals surface area contributed by atoms with Gasteiger partial charge in [-0.2, -0.15) is 0 Å². The standard InChI is InChI=1S/C14H20BrNO/c1-17-14-6-2-12(3-7-14)8-10-16(11-9-15)13-4-5-13/h2-3,6-7,13H,4-5,8-11H2,1H3. The maximum atomic E-state index is 5.16. The molecule has 0 radical (unpaired) electrons. The largest absolute Gasteiger partial charge is 0.497 e. The average Bonchev–Trinajstić information content (AvgIpc) is 3.19. The zero-order chi connectivity index (χ0) is 12.1. The van der Waals surface area contributed by atoms with Crippen molar-refractivity contribution in [1.29, 1.82) is 0 Å². The Balaban J connectivity index is 1.82. The smallest absolute Gasteiger partial charge is 0.118 e. The van der Waals surface area contributed by atoms with Crippen molar-refractivity contribution in [3.8, 4) is 5.75 Å². The van der Waals surface area contributed by atoms with Crippen LogP contribution in [-0.4, -0.2) is 36.5 Å². The lowest BCUT2D eigenvalue weighted by atomic mass is 10.1. The number of hydrogen-bond acceptors (Lipinski definition) is 2. The lowest BCUT2D eigenvalue weighted by Crippen LogP contribution is -2.30. The van der Waals surface area contributed by atoms with Crippen LogP contribution in [-0.2, 0) is 6.42 Å². The van der Waals surface area contributed by atoms with E-state index in [4.69, 9.17) is 4.74 Å². The van der Waals surface area contributed by atoms with E-state index in [1.807, 2.05) is 12.1 Å². The number of halogens is 1. The molecule has 1 aliphatic rings. The van der Waals surface area contributed by atoms with Crippen LogP contribution in [0.5, 0.6) is 5.75 Å². The van der Waals surface area contributed by atoms with Gasteiger partial charge in [0.1, 0.15) is 5.75 Å². The summed E-state index contributed by atoms with van der Waals surface area (Å²) >= 11 is 3.53. The molecule has 0 amide bonds. The average molecular weight is 298 g/mol. The Morgan fingerprint density at radius 3 is 2.47 bits per heavy atom. The van der Waals surface area contributed by atoms with Crippen molar-refractivity contribution in [3.05, 3.63) is 29.8 Å². The van der Waals surface area contributed by atoms with Crippen molar-refractivity contribution in [2.24, 2.45) is 0 Å². The van der Waals surface area contributed by atoms with Gasteiger partial charge < -0.3 is 4.74 Å². The molecule has 0 spiro atoms. The van der Waals surface area contributed by atoms with Gasteiger partial charge in [-0.15, -0.1) is 0 Å². The molecule has 1 aromatic rings. The molecule has 0 aromatic heterocycles. The van der Waals surface area contributed by atoms with E-state index < -0.39 is 0 Å². The lowest BCUT2D eigenvalue weighted by molar-refractivity contribution is 0.284. The topological polar surface area (TPSA) is 12.5 Å². The van der Waals surface area contributed by atoms with Gasteiger partial charge in [0.25, 0.3) is 0 Å². The zero-order valence-electron chi connectivity index (χ0n) is 10.4. The summed E-state index contributed by atoms with van der Waals surface area (Å²) in [5.41, 5.74) is 1.39. The minimum atomic E-state index is 0.853. The van der Waals surface area contributed by atoms with Crippen LogP contribution in [0.4, 0.5) is 0 Å². The summed E-state index contributed by atoms with van der Waals surface area (Å²) in [7, 11) is 1.71. The third-order valence-electron chi connectivity index (χ3n) is 3.28. The second-order valence-corrected chi connectivity index (χ2v) is 5.35. The Morgan fingerprint density at radius 2 is 1.94 bits per heavy atom. The summed E-state index contributed by atoms with van der Waals surface area (Å²) in [5.74, 6) is 0.938. The highest BCUT2D eigenvalue weighted by Crippen LogP contribution is 2.26. The number of methoxy groups -OCH3 is 1. The van der Waals surface area contributed by atoms with Gasteiger partial charge in [0.15, 0.2) is 0 Å². The molecule has 0 atom stereocenters. The van der Waals surface area contributed by atoms with Gasteiger partial charge in [-0.25, -0.2) is 0 Å².